The molecule has 2 aromatic rings. The molecule has 1 amide bonds. The Morgan fingerprint density at radius 1 is 1.38 bits per heavy atom. The molecule has 21 heavy (non-hydrogen) atoms. The second kappa shape index (κ2) is 6.43. The van der Waals surface area contributed by atoms with E-state index in [1.165, 1.54) is 10.9 Å². The number of alkyl carbamates (subject to hydrolysis) is 1. The highest BCUT2D eigenvalue weighted by molar-refractivity contribution is 7.80. The summed E-state index contributed by atoms with van der Waals surface area (Å²) in [5.41, 5.74) is 1.77. The van der Waals surface area contributed by atoms with Crippen molar-refractivity contribution < 1.29 is 9.53 Å². The Hall–Kier alpha value is -1.62. The molecule has 0 aliphatic carbocycles. The van der Waals surface area contributed by atoms with Crippen LogP contribution in [-0.2, 0) is 11.2 Å². The largest absolute Gasteiger partial charge is 0.444 e. The van der Waals surface area contributed by atoms with Gasteiger partial charge in [-0.3, -0.25) is 0 Å². The predicted octanol–water partition coefficient (Wildman–Crippen LogP) is 3.53. The minimum atomic E-state index is -0.494. The number of nitrogens with one attached hydrogen (secondary N) is 2. The second-order valence-electron chi connectivity index (χ2n) is 6.09. The standard InChI is InChI=1S/C16H22N2O2S/c1-16(2,3)20-15(19)18-12(10-21)8-11-9-17-14-7-5-4-6-13(11)14/h4-7,9,12,17,21H,8,10H2,1-3H3,(H,18,19)/t12-/m1/s1. The van der Waals surface area contributed by atoms with Gasteiger partial charge in [-0.1, -0.05) is 18.2 Å². The third kappa shape index (κ3) is 4.43. The smallest absolute Gasteiger partial charge is 0.407 e. The highest BCUT2D eigenvalue weighted by Crippen LogP contribution is 2.19. The van der Waals surface area contributed by atoms with Crippen molar-refractivity contribution in [3.8, 4) is 0 Å². The quantitative estimate of drug-likeness (QED) is 0.757. The summed E-state index contributed by atoms with van der Waals surface area (Å²) in [5.74, 6) is 0.554. The van der Waals surface area contributed by atoms with E-state index in [1.807, 2.05) is 45.2 Å². The summed E-state index contributed by atoms with van der Waals surface area (Å²) in [5, 5.41) is 4.05. The third-order valence-corrected chi connectivity index (χ3v) is 3.52. The summed E-state index contributed by atoms with van der Waals surface area (Å²) >= 11 is 4.33. The molecule has 0 spiro atoms. The molecule has 0 fully saturated rings. The van der Waals surface area contributed by atoms with E-state index < -0.39 is 11.7 Å². The van der Waals surface area contributed by atoms with Crippen LogP contribution in [0.15, 0.2) is 30.5 Å². The number of hydrogen-bond donors (Lipinski definition) is 3. The van der Waals surface area contributed by atoms with Crippen LogP contribution in [0.3, 0.4) is 0 Å². The zero-order chi connectivity index (χ0) is 15.5. The summed E-state index contributed by atoms with van der Waals surface area (Å²) in [4.78, 5) is 15.1. The molecule has 0 aliphatic rings. The highest BCUT2D eigenvalue weighted by Gasteiger charge is 2.19. The fraction of sp³-hybridized carbons (Fsp3) is 0.438. The summed E-state index contributed by atoms with van der Waals surface area (Å²) in [7, 11) is 0. The lowest BCUT2D eigenvalue weighted by atomic mass is 10.1. The molecule has 2 rings (SSSR count). The molecule has 1 heterocycles. The number of thiol groups is 1. The van der Waals surface area contributed by atoms with Gasteiger partial charge in [-0.15, -0.1) is 0 Å². The van der Waals surface area contributed by atoms with E-state index >= 15 is 0 Å². The van der Waals surface area contributed by atoms with Crippen LogP contribution in [0.1, 0.15) is 26.3 Å². The number of rotatable bonds is 4. The molecule has 0 bridgehead atoms. The van der Waals surface area contributed by atoms with Crippen molar-refractivity contribution in [3.05, 3.63) is 36.0 Å². The Bertz CT molecular complexity index is 616. The summed E-state index contributed by atoms with van der Waals surface area (Å²) in [6.45, 7) is 5.55. The number of carbonyl (C=O) groups excluding carboxylic acids is 1. The Kier molecular flexibility index (Phi) is 4.83. The molecule has 114 valence electrons. The maximum atomic E-state index is 11.8. The van der Waals surface area contributed by atoms with Crippen LogP contribution in [0.4, 0.5) is 4.79 Å². The number of ether oxygens (including phenoxy) is 1. The Balaban J connectivity index is 2.04. The number of amides is 1. The molecule has 1 aromatic heterocycles. The zero-order valence-electron chi connectivity index (χ0n) is 12.6. The van der Waals surface area contributed by atoms with Gasteiger partial charge in [0, 0.05) is 28.9 Å². The molecular weight excluding hydrogens is 284 g/mol. The number of H-pyrrole nitrogens is 1. The normalized spacial score (nSPS) is 13.1. The lowest BCUT2D eigenvalue weighted by Gasteiger charge is -2.22. The van der Waals surface area contributed by atoms with Gasteiger partial charge in [0.25, 0.3) is 0 Å². The molecule has 2 N–H and O–H groups in total. The summed E-state index contributed by atoms with van der Waals surface area (Å²) in [6, 6.07) is 8.05. The van der Waals surface area contributed by atoms with E-state index in [0.717, 1.165) is 5.52 Å². The average molecular weight is 306 g/mol. The van der Waals surface area contributed by atoms with E-state index in [4.69, 9.17) is 4.74 Å². The van der Waals surface area contributed by atoms with E-state index in [1.54, 1.807) is 0 Å². The first kappa shape index (κ1) is 15.8. The molecule has 0 aliphatic heterocycles. The number of aromatic amines is 1. The van der Waals surface area contributed by atoms with Gasteiger partial charge in [-0.25, -0.2) is 4.79 Å². The van der Waals surface area contributed by atoms with Crippen LogP contribution in [0.25, 0.3) is 10.9 Å². The lowest BCUT2D eigenvalue weighted by molar-refractivity contribution is 0.0509. The number of benzene rings is 1. The number of para-hydroxylation sites is 1. The molecule has 1 aromatic carbocycles. The van der Waals surface area contributed by atoms with Crippen molar-refractivity contribution in [3.63, 3.8) is 0 Å². The Labute approximate surface area is 130 Å². The van der Waals surface area contributed by atoms with Crippen molar-refractivity contribution in [2.75, 3.05) is 5.75 Å². The monoisotopic (exact) mass is 306 g/mol. The lowest BCUT2D eigenvalue weighted by Crippen LogP contribution is -2.41. The van der Waals surface area contributed by atoms with Crippen LogP contribution >= 0.6 is 12.6 Å². The number of carbonyl (C=O) groups is 1. The minimum Gasteiger partial charge on any atom is -0.444 e. The van der Waals surface area contributed by atoms with E-state index in [0.29, 0.717) is 12.2 Å². The van der Waals surface area contributed by atoms with E-state index in [-0.39, 0.29) is 6.04 Å². The van der Waals surface area contributed by atoms with Gasteiger partial charge in [0.05, 0.1) is 0 Å². The van der Waals surface area contributed by atoms with Gasteiger partial charge >= 0.3 is 6.09 Å². The first-order valence-corrected chi connectivity index (χ1v) is 7.67. The minimum absolute atomic E-state index is 0.0672. The Morgan fingerprint density at radius 3 is 2.76 bits per heavy atom. The van der Waals surface area contributed by atoms with Crippen LogP contribution in [-0.4, -0.2) is 28.5 Å². The maximum Gasteiger partial charge on any atom is 0.407 e. The fourth-order valence-corrected chi connectivity index (χ4v) is 2.42. The zero-order valence-corrected chi connectivity index (χ0v) is 13.5. The van der Waals surface area contributed by atoms with Crippen molar-refractivity contribution >= 4 is 29.6 Å². The molecule has 0 saturated heterocycles. The first-order chi connectivity index (χ1) is 9.89. The van der Waals surface area contributed by atoms with E-state index in [9.17, 15) is 4.79 Å². The van der Waals surface area contributed by atoms with Gasteiger partial charge < -0.3 is 15.0 Å². The molecule has 0 saturated carbocycles. The maximum absolute atomic E-state index is 11.8. The number of hydrogen-bond acceptors (Lipinski definition) is 3. The van der Waals surface area contributed by atoms with E-state index in [2.05, 4.69) is 29.0 Å². The average Bonchev–Trinajstić information content (AvgIpc) is 2.79. The summed E-state index contributed by atoms with van der Waals surface area (Å²) in [6.07, 6.45) is 2.30. The van der Waals surface area contributed by atoms with Gasteiger partial charge in [0.1, 0.15) is 5.60 Å². The highest BCUT2D eigenvalue weighted by atomic mass is 32.1. The van der Waals surface area contributed by atoms with Crippen molar-refractivity contribution in [1.82, 2.24) is 10.3 Å². The van der Waals surface area contributed by atoms with Gasteiger partial charge in [0.15, 0.2) is 0 Å². The fourth-order valence-electron chi connectivity index (χ4n) is 2.20. The number of aromatic nitrogens is 1. The molecule has 4 nitrogen and oxygen atoms in total. The summed E-state index contributed by atoms with van der Waals surface area (Å²) < 4.78 is 5.28. The molecule has 0 unspecified atom stereocenters. The van der Waals surface area contributed by atoms with Gasteiger partial charge in [-0.2, -0.15) is 12.6 Å². The van der Waals surface area contributed by atoms with Crippen molar-refractivity contribution in [2.45, 2.75) is 38.8 Å². The van der Waals surface area contributed by atoms with Crippen LogP contribution in [0.5, 0.6) is 0 Å². The molecule has 0 radical (unpaired) electrons. The van der Waals surface area contributed by atoms with Crippen LogP contribution < -0.4 is 5.32 Å². The Morgan fingerprint density at radius 2 is 2.10 bits per heavy atom. The van der Waals surface area contributed by atoms with Crippen LogP contribution in [0, 0.1) is 0 Å². The van der Waals surface area contributed by atoms with Crippen molar-refractivity contribution in [2.24, 2.45) is 0 Å². The second-order valence-corrected chi connectivity index (χ2v) is 6.45. The van der Waals surface area contributed by atoms with Crippen LogP contribution in [0.2, 0.25) is 0 Å². The number of fused-ring (bicyclic) bond motifs is 1. The van der Waals surface area contributed by atoms with Crippen molar-refractivity contribution in [1.29, 1.82) is 0 Å². The van der Waals surface area contributed by atoms with Gasteiger partial charge in [-0.05, 0) is 38.8 Å². The SMILES string of the molecule is CC(C)(C)OC(=O)N[C@@H](CS)Cc1c[nH]c2ccccc12. The van der Waals surface area contributed by atoms with Gasteiger partial charge in [0.2, 0.25) is 0 Å². The first-order valence-electron chi connectivity index (χ1n) is 7.04. The topological polar surface area (TPSA) is 54.1 Å². The molecular formula is C16H22N2O2S. The molecule has 5 heteroatoms. The molecule has 1 atom stereocenters. The third-order valence-electron chi connectivity index (χ3n) is 3.08. The predicted molar refractivity (Wildman–Crippen MR) is 89.0 cm³/mol.